The second-order valence-electron chi connectivity index (χ2n) is 13.7. The lowest BCUT2D eigenvalue weighted by atomic mass is 9.66. The van der Waals surface area contributed by atoms with Gasteiger partial charge < -0.3 is 14.2 Å². The van der Waals surface area contributed by atoms with Crippen LogP contribution in [0.3, 0.4) is 0 Å². The topological polar surface area (TPSA) is 17.4 Å². The zero-order valence-electron chi connectivity index (χ0n) is 28.3. The highest BCUT2D eigenvalue weighted by atomic mass is 16.5. The molecule has 3 nitrogen and oxygen atoms in total. The minimum absolute atomic E-state index is 0.524. The van der Waals surface area contributed by atoms with Crippen molar-refractivity contribution in [2.45, 2.75) is 5.41 Å². The van der Waals surface area contributed by atoms with Gasteiger partial charge in [0.15, 0.2) is 0 Å². The van der Waals surface area contributed by atoms with Crippen LogP contribution in [0.4, 0.5) is 17.1 Å². The number of fused-ring (bicyclic) bond motifs is 12. The summed E-state index contributed by atoms with van der Waals surface area (Å²) in [7, 11) is 0. The van der Waals surface area contributed by atoms with Crippen LogP contribution >= 0.6 is 0 Å². The summed E-state index contributed by atoms with van der Waals surface area (Å²) in [5.74, 6) is 1.78. The molecule has 3 heteroatoms. The van der Waals surface area contributed by atoms with Crippen LogP contribution in [0.15, 0.2) is 194 Å². The minimum Gasteiger partial charge on any atom is -0.457 e. The highest BCUT2D eigenvalue weighted by Crippen LogP contribution is 2.62. The van der Waals surface area contributed by atoms with Gasteiger partial charge in [0.2, 0.25) is 0 Å². The zero-order valence-corrected chi connectivity index (χ0v) is 28.3. The summed E-state index contributed by atoms with van der Waals surface area (Å²) in [6, 6.07) is 70.0. The number of nitrogens with zero attached hydrogens (tertiary/aromatic N) is 2. The van der Waals surface area contributed by atoms with Crippen molar-refractivity contribution >= 4 is 38.9 Å². The predicted octanol–water partition coefficient (Wildman–Crippen LogP) is 12.7. The lowest BCUT2D eigenvalue weighted by Crippen LogP contribution is -2.32. The molecular formula is C49H32N2O. The molecule has 0 bridgehead atoms. The molecule has 1 aromatic heterocycles. The number of rotatable bonds is 4. The van der Waals surface area contributed by atoms with Crippen molar-refractivity contribution < 1.29 is 4.74 Å². The Kier molecular flexibility index (Phi) is 6.17. The SMILES string of the molecule is c1ccc(N(c2ccccc2)c2ccc3c4cc5c(cc4n(-c4ccccc4)c3c2)Oc2ccccc2C52c3ccccc3-c3ccccc32)cc1. The molecule has 0 saturated heterocycles. The van der Waals surface area contributed by atoms with Gasteiger partial charge in [-0.05, 0) is 82.9 Å². The third-order valence-corrected chi connectivity index (χ3v) is 11.0. The van der Waals surface area contributed by atoms with Crippen molar-refractivity contribution in [3.63, 3.8) is 0 Å². The monoisotopic (exact) mass is 664 g/mol. The molecule has 1 spiro atoms. The molecule has 244 valence electrons. The molecule has 2 aliphatic rings. The van der Waals surface area contributed by atoms with Crippen molar-refractivity contribution in [3.8, 4) is 28.3 Å². The van der Waals surface area contributed by atoms with Gasteiger partial charge in [0.05, 0.1) is 16.4 Å². The van der Waals surface area contributed by atoms with E-state index in [1.807, 2.05) is 0 Å². The molecule has 8 aromatic carbocycles. The summed E-state index contributed by atoms with van der Waals surface area (Å²) >= 11 is 0. The molecule has 2 heterocycles. The highest BCUT2D eigenvalue weighted by Gasteiger charge is 2.51. The number of para-hydroxylation sites is 4. The largest absolute Gasteiger partial charge is 0.457 e. The van der Waals surface area contributed by atoms with E-state index in [0.29, 0.717) is 0 Å². The summed E-state index contributed by atoms with van der Waals surface area (Å²) in [4.78, 5) is 2.33. The molecule has 0 radical (unpaired) electrons. The van der Waals surface area contributed by atoms with E-state index in [1.165, 1.54) is 44.2 Å². The van der Waals surface area contributed by atoms with E-state index in [-0.39, 0.29) is 0 Å². The summed E-state index contributed by atoms with van der Waals surface area (Å²) in [5.41, 5.74) is 13.6. The third kappa shape index (κ3) is 3.96. The molecule has 0 amide bonds. The Hall–Kier alpha value is -6.84. The van der Waals surface area contributed by atoms with Gasteiger partial charge in [0.25, 0.3) is 0 Å². The van der Waals surface area contributed by atoms with Gasteiger partial charge in [0, 0.05) is 50.7 Å². The smallest absolute Gasteiger partial charge is 0.134 e. The van der Waals surface area contributed by atoms with Crippen LogP contribution < -0.4 is 9.64 Å². The molecule has 0 atom stereocenters. The first-order valence-electron chi connectivity index (χ1n) is 17.9. The van der Waals surface area contributed by atoms with Gasteiger partial charge in [-0.25, -0.2) is 0 Å². The highest BCUT2D eigenvalue weighted by molar-refractivity contribution is 6.11. The van der Waals surface area contributed by atoms with Crippen molar-refractivity contribution in [1.29, 1.82) is 0 Å². The van der Waals surface area contributed by atoms with Crippen LogP contribution in [0.25, 0.3) is 38.6 Å². The third-order valence-electron chi connectivity index (χ3n) is 11.0. The first-order valence-corrected chi connectivity index (χ1v) is 17.9. The normalized spacial score (nSPS) is 13.3. The fourth-order valence-corrected chi connectivity index (χ4v) is 8.95. The standard InChI is InChI=1S/C49H32N2O/c1-4-16-33(17-5-1)50(34-18-6-2-7-19-34)36-28-29-39-40-31-44-48(32-46(40)51(45(39)30-36)35-20-8-3-9-21-35)52-47-27-15-14-26-43(47)49(44)41-24-12-10-22-37(41)38-23-11-13-25-42(38)49/h1-32H. The van der Waals surface area contributed by atoms with Crippen LogP contribution in [-0.4, -0.2) is 4.57 Å². The van der Waals surface area contributed by atoms with Crippen molar-refractivity contribution in [3.05, 3.63) is 216 Å². The molecule has 52 heavy (non-hydrogen) atoms. The Morgan fingerprint density at radius 2 is 0.923 bits per heavy atom. The van der Waals surface area contributed by atoms with Gasteiger partial charge in [-0.15, -0.1) is 0 Å². The van der Waals surface area contributed by atoms with Gasteiger partial charge in [-0.2, -0.15) is 0 Å². The van der Waals surface area contributed by atoms with Gasteiger partial charge >= 0.3 is 0 Å². The van der Waals surface area contributed by atoms with Crippen molar-refractivity contribution in [2.24, 2.45) is 0 Å². The first-order chi connectivity index (χ1) is 25.8. The number of anilines is 3. The molecule has 0 N–H and O–H groups in total. The molecule has 1 aliphatic heterocycles. The fraction of sp³-hybridized carbons (Fsp3) is 0.0204. The van der Waals surface area contributed by atoms with Gasteiger partial charge in [0.1, 0.15) is 11.5 Å². The Balaban J connectivity index is 1.24. The quantitative estimate of drug-likeness (QED) is 0.186. The van der Waals surface area contributed by atoms with E-state index in [4.69, 9.17) is 4.74 Å². The van der Waals surface area contributed by atoms with E-state index in [1.54, 1.807) is 0 Å². The molecule has 1 aliphatic carbocycles. The molecule has 0 saturated carbocycles. The van der Waals surface area contributed by atoms with Crippen LogP contribution in [0.1, 0.15) is 22.3 Å². The average Bonchev–Trinajstić information content (AvgIpc) is 3.68. The Bertz CT molecular complexity index is 2740. The van der Waals surface area contributed by atoms with E-state index in [2.05, 4.69) is 204 Å². The molecule has 0 unspecified atom stereocenters. The van der Waals surface area contributed by atoms with Crippen LogP contribution in [0.5, 0.6) is 11.5 Å². The minimum atomic E-state index is -0.524. The molecular weight excluding hydrogens is 633 g/mol. The maximum Gasteiger partial charge on any atom is 0.134 e. The summed E-state index contributed by atoms with van der Waals surface area (Å²) in [6.07, 6.45) is 0. The Morgan fingerprint density at radius 1 is 0.385 bits per heavy atom. The van der Waals surface area contributed by atoms with E-state index in [9.17, 15) is 0 Å². The fourth-order valence-electron chi connectivity index (χ4n) is 8.95. The number of ether oxygens (including phenoxy) is 1. The number of hydrogen-bond acceptors (Lipinski definition) is 2. The second-order valence-corrected chi connectivity index (χ2v) is 13.7. The maximum absolute atomic E-state index is 6.95. The van der Waals surface area contributed by atoms with E-state index in [0.717, 1.165) is 45.3 Å². The lowest BCUT2D eigenvalue weighted by Gasteiger charge is -2.39. The van der Waals surface area contributed by atoms with Gasteiger partial charge in [-0.1, -0.05) is 127 Å². The van der Waals surface area contributed by atoms with Crippen molar-refractivity contribution in [2.75, 3.05) is 4.90 Å². The molecule has 11 rings (SSSR count). The summed E-state index contributed by atoms with van der Waals surface area (Å²) in [5, 5.41) is 2.39. The molecule has 9 aromatic rings. The molecule has 0 fully saturated rings. The Morgan fingerprint density at radius 3 is 1.58 bits per heavy atom. The predicted molar refractivity (Wildman–Crippen MR) is 213 cm³/mol. The first kappa shape index (κ1) is 28.9. The number of hydrogen-bond donors (Lipinski definition) is 0. The van der Waals surface area contributed by atoms with Crippen molar-refractivity contribution in [1.82, 2.24) is 4.57 Å². The average molecular weight is 665 g/mol. The zero-order chi connectivity index (χ0) is 34.2. The van der Waals surface area contributed by atoms with Crippen LogP contribution in [0.2, 0.25) is 0 Å². The van der Waals surface area contributed by atoms with E-state index < -0.39 is 5.41 Å². The maximum atomic E-state index is 6.95. The van der Waals surface area contributed by atoms with Gasteiger partial charge in [-0.3, -0.25) is 0 Å². The Labute approximate surface area is 302 Å². The second kappa shape index (κ2) is 11.1. The van der Waals surface area contributed by atoms with E-state index >= 15 is 0 Å². The number of aromatic nitrogens is 1. The van der Waals surface area contributed by atoms with Crippen LogP contribution in [-0.2, 0) is 5.41 Å². The summed E-state index contributed by atoms with van der Waals surface area (Å²) < 4.78 is 9.34. The summed E-state index contributed by atoms with van der Waals surface area (Å²) in [6.45, 7) is 0. The van der Waals surface area contributed by atoms with Crippen LogP contribution in [0, 0.1) is 0 Å². The lowest BCUT2D eigenvalue weighted by molar-refractivity contribution is 0.437. The number of benzene rings is 8.